The van der Waals surface area contributed by atoms with Gasteiger partial charge in [0, 0.05) is 19.1 Å². The average molecular weight is 281 g/mol. The van der Waals surface area contributed by atoms with Crippen LogP contribution in [-0.4, -0.2) is 42.0 Å². The second-order valence-electron chi connectivity index (χ2n) is 5.23. The average Bonchev–Trinajstić information content (AvgIpc) is 2.46. The summed E-state index contributed by atoms with van der Waals surface area (Å²) in [6.45, 7) is 2.43. The second-order valence-corrected chi connectivity index (χ2v) is 5.23. The highest BCUT2D eigenvalue weighted by atomic mass is 19.1. The van der Waals surface area contributed by atoms with Gasteiger partial charge in [-0.25, -0.2) is 9.18 Å². The second kappa shape index (κ2) is 6.70. The zero-order chi connectivity index (χ0) is 14.5. The number of carbonyl (C=O) groups excluding carboxylic acids is 1. The Labute approximate surface area is 118 Å². The summed E-state index contributed by atoms with van der Waals surface area (Å²) in [7, 11) is 0. The van der Waals surface area contributed by atoms with Gasteiger partial charge in [-0.15, -0.1) is 0 Å². The molecule has 0 aliphatic carbocycles. The number of piperidine rings is 1. The third kappa shape index (κ3) is 3.70. The minimum Gasteiger partial charge on any atom is -0.445 e. The molecule has 0 aromatic heterocycles. The number of carbonyl (C=O) groups is 1. The topological polar surface area (TPSA) is 49.8 Å². The maximum absolute atomic E-state index is 13.7. The van der Waals surface area contributed by atoms with E-state index in [1.54, 1.807) is 0 Å². The highest BCUT2D eigenvalue weighted by Crippen LogP contribution is 2.20. The quantitative estimate of drug-likeness (QED) is 0.924. The monoisotopic (exact) mass is 281 g/mol. The number of rotatable bonds is 3. The summed E-state index contributed by atoms with van der Waals surface area (Å²) in [4.78, 5) is 13.2. The molecule has 1 aromatic rings. The number of benzene rings is 1. The predicted octanol–water partition coefficient (Wildman–Crippen LogP) is 2.28. The smallest absolute Gasteiger partial charge is 0.410 e. The van der Waals surface area contributed by atoms with Crippen LogP contribution in [0.1, 0.15) is 17.5 Å². The minimum absolute atomic E-state index is 0.00203. The molecule has 2 unspecified atom stereocenters. The molecule has 2 atom stereocenters. The number of ether oxygens (including phenoxy) is 1. The van der Waals surface area contributed by atoms with Gasteiger partial charge < -0.3 is 14.7 Å². The van der Waals surface area contributed by atoms with Crippen molar-refractivity contribution < 1.29 is 19.0 Å². The number of amides is 1. The molecule has 1 heterocycles. The molecule has 5 heteroatoms. The Morgan fingerprint density at radius 3 is 2.75 bits per heavy atom. The number of aliphatic hydroxyl groups is 1. The first kappa shape index (κ1) is 14.8. The van der Waals surface area contributed by atoms with Crippen LogP contribution in [-0.2, 0) is 11.3 Å². The molecule has 0 spiro atoms. The highest BCUT2D eigenvalue weighted by molar-refractivity contribution is 5.67. The first-order valence-corrected chi connectivity index (χ1v) is 6.82. The van der Waals surface area contributed by atoms with Crippen LogP contribution in [0.4, 0.5) is 9.18 Å². The lowest BCUT2D eigenvalue weighted by Crippen LogP contribution is -2.46. The van der Waals surface area contributed by atoms with E-state index in [0.29, 0.717) is 13.0 Å². The number of hydrogen-bond donors (Lipinski definition) is 1. The van der Waals surface area contributed by atoms with Gasteiger partial charge in [0.2, 0.25) is 0 Å². The van der Waals surface area contributed by atoms with Crippen LogP contribution in [0.2, 0.25) is 0 Å². The number of likely N-dealkylation sites (tertiary alicyclic amines) is 1. The molecule has 20 heavy (non-hydrogen) atoms. The number of hydrogen-bond acceptors (Lipinski definition) is 3. The first-order valence-electron chi connectivity index (χ1n) is 6.82. The summed E-state index contributed by atoms with van der Waals surface area (Å²) in [5, 5.41) is 8.99. The minimum atomic E-state index is -1.18. The van der Waals surface area contributed by atoms with E-state index in [4.69, 9.17) is 9.84 Å². The molecule has 1 amide bonds. The molecule has 110 valence electrons. The van der Waals surface area contributed by atoms with Gasteiger partial charge in [-0.2, -0.15) is 0 Å². The van der Waals surface area contributed by atoms with Crippen molar-refractivity contribution in [1.82, 2.24) is 4.90 Å². The number of aryl methyl sites for hydroxylation is 1. The van der Waals surface area contributed by atoms with Crippen molar-refractivity contribution in [2.24, 2.45) is 5.92 Å². The lowest BCUT2D eigenvalue weighted by molar-refractivity contribution is 0.0344. The summed E-state index contributed by atoms with van der Waals surface area (Å²) in [6, 6.07) is 7.71. The van der Waals surface area contributed by atoms with Gasteiger partial charge in [-0.05, 0) is 18.9 Å². The van der Waals surface area contributed by atoms with Crippen molar-refractivity contribution in [3.8, 4) is 0 Å². The van der Waals surface area contributed by atoms with E-state index in [9.17, 15) is 9.18 Å². The van der Waals surface area contributed by atoms with Crippen molar-refractivity contribution in [2.45, 2.75) is 26.1 Å². The summed E-state index contributed by atoms with van der Waals surface area (Å²) in [5.74, 6) is -0.365. The van der Waals surface area contributed by atoms with Gasteiger partial charge in [0.25, 0.3) is 0 Å². The van der Waals surface area contributed by atoms with Crippen molar-refractivity contribution >= 4 is 6.09 Å². The molecule has 2 rings (SSSR count). The zero-order valence-electron chi connectivity index (χ0n) is 11.6. The van der Waals surface area contributed by atoms with E-state index < -0.39 is 12.3 Å². The van der Waals surface area contributed by atoms with E-state index in [0.717, 1.165) is 11.1 Å². The van der Waals surface area contributed by atoms with Crippen molar-refractivity contribution in [3.63, 3.8) is 0 Å². The maximum Gasteiger partial charge on any atom is 0.410 e. The fraction of sp³-hybridized carbons (Fsp3) is 0.533. The van der Waals surface area contributed by atoms with Gasteiger partial charge in [-0.3, -0.25) is 0 Å². The molecule has 1 aromatic carbocycles. The third-order valence-electron chi connectivity index (χ3n) is 3.65. The predicted molar refractivity (Wildman–Crippen MR) is 73.0 cm³/mol. The number of nitrogens with zero attached hydrogens (tertiary/aromatic N) is 1. The Bertz CT molecular complexity index is 449. The number of halogens is 1. The summed E-state index contributed by atoms with van der Waals surface area (Å²) < 4.78 is 18.8. The van der Waals surface area contributed by atoms with Gasteiger partial charge >= 0.3 is 6.09 Å². The van der Waals surface area contributed by atoms with Crippen molar-refractivity contribution in [1.29, 1.82) is 0 Å². The van der Waals surface area contributed by atoms with Gasteiger partial charge in [0.15, 0.2) is 0 Å². The maximum atomic E-state index is 13.7. The molecular weight excluding hydrogens is 261 g/mol. The molecule has 4 nitrogen and oxygen atoms in total. The highest BCUT2D eigenvalue weighted by Gasteiger charge is 2.31. The Balaban J connectivity index is 1.82. The number of aliphatic hydroxyl groups excluding tert-OH is 1. The SMILES string of the molecule is Cc1ccc(COC(=O)N2CCC(CO)C(F)C2)cc1. The fourth-order valence-electron chi connectivity index (χ4n) is 2.25. The first-order chi connectivity index (χ1) is 9.60. The van der Waals surface area contributed by atoms with Crippen LogP contribution < -0.4 is 0 Å². The summed E-state index contributed by atoms with van der Waals surface area (Å²) in [5.41, 5.74) is 2.05. The van der Waals surface area contributed by atoms with Gasteiger partial charge in [-0.1, -0.05) is 29.8 Å². The molecular formula is C15H20FNO3. The molecule has 0 saturated carbocycles. The number of alkyl halides is 1. The summed E-state index contributed by atoms with van der Waals surface area (Å²) in [6.07, 6.45) is -1.21. The Hall–Kier alpha value is -1.62. The Morgan fingerprint density at radius 2 is 2.15 bits per heavy atom. The van der Waals surface area contributed by atoms with Crippen molar-refractivity contribution in [3.05, 3.63) is 35.4 Å². The molecule has 1 saturated heterocycles. The molecule has 1 aliphatic rings. The van der Waals surface area contributed by atoms with E-state index in [1.807, 2.05) is 31.2 Å². The standard InChI is InChI=1S/C15H20FNO3/c1-11-2-4-12(5-3-11)10-20-15(19)17-7-6-13(9-18)14(16)8-17/h2-5,13-14,18H,6-10H2,1H3. The molecule has 0 bridgehead atoms. The lowest BCUT2D eigenvalue weighted by Gasteiger charge is -2.33. The van der Waals surface area contributed by atoms with Crippen LogP contribution >= 0.6 is 0 Å². The lowest BCUT2D eigenvalue weighted by atomic mass is 9.96. The van der Waals surface area contributed by atoms with E-state index in [-0.39, 0.29) is 25.7 Å². The van der Waals surface area contributed by atoms with E-state index in [2.05, 4.69) is 0 Å². The summed E-state index contributed by atoms with van der Waals surface area (Å²) >= 11 is 0. The largest absolute Gasteiger partial charge is 0.445 e. The van der Waals surface area contributed by atoms with Crippen LogP contribution in [0, 0.1) is 12.8 Å². The van der Waals surface area contributed by atoms with Crippen LogP contribution in [0.5, 0.6) is 0 Å². The van der Waals surface area contributed by atoms with Crippen LogP contribution in [0.15, 0.2) is 24.3 Å². The van der Waals surface area contributed by atoms with Crippen LogP contribution in [0.3, 0.4) is 0 Å². The Kier molecular flexibility index (Phi) is 4.95. The van der Waals surface area contributed by atoms with E-state index in [1.165, 1.54) is 4.90 Å². The van der Waals surface area contributed by atoms with Crippen LogP contribution in [0.25, 0.3) is 0 Å². The fourth-order valence-corrected chi connectivity index (χ4v) is 2.25. The molecule has 1 fully saturated rings. The molecule has 1 N–H and O–H groups in total. The van der Waals surface area contributed by atoms with E-state index >= 15 is 0 Å². The Morgan fingerprint density at radius 1 is 1.45 bits per heavy atom. The van der Waals surface area contributed by atoms with Gasteiger partial charge in [0.1, 0.15) is 12.8 Å². The zero-order valence-corrected chi connectivity index (χ0v) is 11.6. The molecule has 0 radical (unpaired) electrons. The third-order valence-corrected chi connectivity index (χ3v) is 3.65. The normalized spacial score (nSPS) is 22.6. The van der Waals surface area contributed by atoms with Gasteiger partial charge in [0.05, 0.1) is 6.54 Å². The molecule has 1 aliphatic heterocycles. The van der Waals surface area contributed by atoms with Crippen molar-refractivity contribution in [2.75, 3.05) is 19.7 Å².